The predicted octanol–water partition coefficient (Wildman–Crippen LogP) is 4.49. The highest BCUT2D eigenvalue weighted by molar-refractivity contribution is 7.13. The van der Waals surface area contributed by atoms with E-state index in [2.05, 4.69) is 24.0 Å². The van der Waals surface area contributed by atoms with Crippen LogP contribution in [0.3, 0.4) is 0 Å². The minimum Gasteiger partial charge on any atom is -0.508 e. The van der Waals surface area contributed by atoms with Crippen LogP contribution in [0.25, 0.3) is 21.8 Å². The lowest BCUT2D eigenvalue weighted by atomic mass is 10.1. The summed E-state index contributed by atoms with van der Waals surface area (Å²) >= 11 is 1.64. The van der Waals surface area contributed by atoms with Crippen molar-refractivity contribution in [2.45, 2.75) is 6.92 Å². The van der Waals surface area contributed by atoms with E-state index in [0.29, 0.717) is 0 Å². The normalized spacial score (nSPS) is 10.6. The Labute approximate surface area is 116 Å². The molecule has 3 heteroatoms. The third-order valence-electron chi connectivity index (χ3n) is 3.04. The van der Waals surface area contributed by atoms with Crippen molar-refractivity contribution in [1.29, 1.82) is 0 Å². The zero-order chi connectivity index (χ0) is 13.2. The van der Waals surface area contributed by atoms with Gasteiger partial charge in [-0.2, -0.15) is 0 Å². The van der Waals surface area contributed by atoms with Gasteiger partial charge < -0.3 is 5.11 Å². The molecule has 19 heavy (non-hydrogen) atoms. The van der Waals surface area contributed by atoms with E-state index < -0.39 is 0 Å². The maximum atomic E-state index is 9.31. The molecule has 1 heterocycles. The van der Waals surface area contributed by atoms with E-state index >= 15 is 0 Å². The van der Waals surface area contributed by atoms with Crippen LogP contribution >= 0.6 is 11.3 Å². The molecule has 0 unspecified atom stereocenters. The van der Waals surface area contributed by atoms with Gasteiger partial charge in [-0.1, -0.05) is 24.3 Å². The molecular weight excluding hydrogens is 254 g/mol. The number of nitrogens with zero attached hydrogens (tertiary/aromatic N) is 1. The number of hydrogen-bond donors (Lipinski definition) is 1. The van der Waals surface area contributed by atoms with Crippen molar-refractivity contribution in [2.24, 2.45) is 0 Å². The largest absolute Gasteiger partial charge is 0.508 e. The molecular formula is C16H13NOS. The second kappa shape index (κ2) is 4.86. The molecule has 0 fully saturated rings. The highest BCUT2D eigenvalue weighted by atomic mass is 32.1. The molecule has 2 aromatic carbocycles. The van der Waals surface area contributed by atoms with E-state index in [4.69, 9.17) is 0 Å². The Kier molecular flexibility index (Phi) is 3.05. The minimum absolute atomic E-state index is 0.276. The van der Waals surface area contributed by atoms with Gasteiger partial charge in [0.15, 0.2) is 0 Å². The number of rotatable bonds is 2. The molecule has 0 aliphatic rings. The van der Waals surface area contributed by atoms with Crippen LogP contribution in [0.15, 0.2) is 53.9 Å². The van der Waals surface area contributed by atoms with E-state index in [9.17, 15) is 5.11 Å². The van der Waals surface area contributed by atoms with Gasteiger partial charge in [0.05, 0.1) is 5.69 Å². The number of phenols is 1. The zero-order valence-corrected chi connectivity index (χ0v) is 11.3. The first kappa shape index (κ1) is 11.9. The van der Waals surface area contributed by atoms with Crippen molar-refractivity contribution in [3.05, 3.63) is 59.5 Å². The fraction of sp³-hybridized carbons (Fsp3) is 0.0625. The maximum Gasteiger partial charge on any atom is 0.124 e. The van der Waals surface area contributed by atoms with Gasteiger partial charge in [-0.25, -0.2) is 4.98 Å². The molecule has 3 rings (SSSR count). The van der Waals surface area contributed by atoms with Crippen molar-refractivity contribution in [1.82, 2.24) is 4.98 Å². The maximum absolute atomic E-state index is 9.31. The zero-order valence-electron chi connectivity index (χ0n) is 10.5. The number of aromatic nitrogens is 1. The van der Waals surface area contributed by atoms with Crippen LogP contribution in [0.5, 0.6) is 5.75 Å². The molecule has 0 saturated carbocycles. The molecule has 3 aromatic rings. The monoisotopic (exact) mass is 267 g/mol. The van der Waals surface area contributed by atoms with E-state index in [1.165, 1.54) is 11.1 Å². The van der Waals surface area contributed by atoms with E-state index in [0.717, 1.165) is 16.3 Å². The Morgan fingerprint density at radius 3 is 2.47 bits per heavy atom. The van der Waals surface area contributed by atoms with Crippen LogP contribution in [0.2, 0.25) is 0 Å². The van der Waals surface area contributed by atoms with Crippen LogP contribution in [-0.4, -0.2) is 10.1 Å². The summed E-state index contributed by atoms with van der Waals surface area (Å²) in [7, 11) is 0. The fourth-order valence-corrected chi connectivity index (χ4v) is 2.89. The fourth-order valence-electron chi connectivity index (χ4n) is 1.98. The predicted molar refractivity (Wildman–Crippen MR) is 79.4 cm³/mol. The molecule has 0 atom stereocenters. The summed E-state index contributed by atoms with van der Waals surface area (Å²) in [5.74, 6) is 0.276. The molecule has 0 spiro atoms. The van der Waals surface area contributed by atoms with Gasteiger partial charge in [-0.3, -0.25) is 0 Å². The molecule has 0 radical (unpaired) electrons. The van der Waals surface area contributed by atoms with E-state index in [1.807, 2.05) is 29.6 Å². The van der Waals surface area contributed by atoms with Crippen LogP contribution in [0.1, 0.15) is 5.56 Å². The molecule has 1 aromatic heterocycles. The van der Waals surface area contributed by atoms with Crippen LogP contribution < -0.4 is 0 Å². The third kappa shape index (κ3) is 2.37. The second-order valence-corrected chi connectivity index (χ2v) is 5.26. The summed E-state index contributed by atoms with van der Waals surface area (Å²) in [4.78, 5) is 4.68. The van der Waals surface area contributed by atoms with Crippen molar-refractivity contribution in [3.8, 4) is 27.6 Å². The summed E-state index contributed by atoms with van der Waals surface area (Å²) in [5, 5.41) is 12.4. The molecule has 0 bridgehead atoms. The Morgan fingerprint density at radius 1 is 1.00 bits per heavy atom. The number of benzene rings is 2. The summed E-state index contributed by atoms with van der Waals surface area (Å²) in [5.41, 5.74) is 4.38. The number of phenolic OH excluding ortho intramolecular Hbond substituents is 1. The Balaban J connectivity index is 2.00. The van der Waals surface area contributed by atoms with Crippen molar-refractivity contribution < 1.29 is 5.11 Å². The van der Waals surface area contributed by atoms with Crippen LogP contribution in [-0.2, 0) is 0 Å². The summed E-state index contributed by atoms with van der Waals surface area (Å²) in [6.07, 6.45) is 0. The first-order valence-corrected chi connectivity index (χ1v) is 6.93. The quantitative estimate of drug-likeness (QED) is 0.742. The van der Waals surface area contributed by atoms with Crippen molar-refractivity contribution in [3.63, 3.8) is 0 Å². The topological polar surface area (TPSA) is 33.1 Å². The van der Waals surface area contributed by atoms with Gasteiger partial charge in [-0.15, -0.1) is 11.3 Å². The third-order valence-corrected chi connectivity index (χ3v) is 3.92. The number of aryl methyl sites for hydroxylation is 1. The number of hydrogen-bond acceptors (Lipinski definition) is 3. The SMILES string of the molecule is Cc1ccccc1-c1nc(-c2ccc(O)cc2)cs1. The molecule has 0 saturated heterocycles. The lowest BCUT2D eigenvalue weighted by Crippen LogP contribution is -1.82. The number of aromatic hydroxyl groups is 1. The Bertz CT molecular complexity index is 701. The minimum atomic E-state index is 0.276. The van der Waals surface area contributed by atoms with Crippen LogP contribution in [0, 0.1) is 6.92 Å². The van der Waals surface area contributed by atoms with Gasteiger partial charge in [-0.05, 0) is 36.8 Å². The summed E-state index contributed by atoms with van der Waals surface area (Å²) in [6.45, 7) is 2.09. The van der Waals surface area contributed by atoms with Gasteiger partial charge in [0, 0.05) is 16.5 Å². The smallest absolute Gasteiger partial charge is 0.124 e. The van der Waals surface area contributed by atoms with Gasteiger partial charge in [0.1, 0.15) is 10.8 Å². The molecule has 2 nitrogen and oxygen atoms in total. The molecule has 1 N–H and O–H groups in total. The lowest BCUT2D eigenvalue weighted by Gasteiger charge is -2.00. The van der Waals surface area contributed by atoms with Gasteiger partial charge in [0.2, 0.25) is 0 Å². The highest BCUT2D eigenvalue weighted by Crippen LogP contribution is 2.31. The molecule has 0 aliphatic carbocycles. The van der Waals surface area contributed by atoms with Crippen LogP contribution in [0.4, 0.5) is 0 Å². The van der Waals surface area contributed by atoms with Gasteiger partial charge >= 0.3 is 0 Å². The number of thiazole rings is 1. The second-order valence-electron chi connectivity index (χ2n) is 4.40. The molecule has 0 amide bonds. The average molecular weight is 267 g/mol. The first-order chi connectivity index (χ1) is 9.24. The Hall–Kier alpha value is -2.13. The van der Waals surface area contributed by atoms with Gasteiger partial charge in [0.25, 0.3) is 0 Å². The molecule has 94 valence electrons. The lowest BCUT2D eigenvalue weighted by molar-refractivity contribution is 0.475. The van der Waals surface area contributed by atoms with Crippen molar-refractivity contribution in [2.75, 3.05) is 0 Å². The van der Waals surface area contributed by atoms with E-state index in [-0.39, 0.29) is 5.75 Å². The average Bonchev–Trinajstić information content (AvgIpc) is 2.89. The Morgan fingerprint density at radius 2 is 1.74 bits per heavy atom. The summed E-state index contributed by atoms with van der Waals surface area (Å²) < 4.78 is 0. The van der Waals surface area contributed by atoms with E-state index in [1.54, 1.807) is 23.5 Å². The standard InChI is InChI=1S/C16H13NOS/c1-11-4-2-3-5-14(11)16-17-15(10-19-16)12-6-8-13(18)9-7-12/h2-10,18H,1H3. The first-order valence-electron chi connectivity index (χ1n) is 6.05. The van der Waals surface area contributed by atoms with Crippen molar-refractivity contribution >= 4 is 11.3 Å². The summed E-state index contributed by atoms with van der Waals surface area (Å²) in [6, 6.07) is 15.4. The molecule has 0 aliphatic heterocycles. The highest BCUT2D eigenvalue weighted by Gasteiger charge is 2.08.